The summed E-state index contributed by atoms with van der Waals surface area (Å²) in [6.45, 7) is 2.66. The van der Waals surface area contributed by atoms with Gasteiger partial charge in [0.1, 0.15) is 12.4 Å². The quantitative estimate of drug-likeness (QED) is 0.619. The maximum atomic E-state index is 13.3. The van der Waals surface area contributed by atoms with E-state index in [4.69, 9.17) is 16.3 Å². The molecule has 0 saturated carbocycles. The maximum Gasteiger partial charge on any atom is 0.265 e. The predicted molar refractivity (Wildman–Crippen MR) is 103 cm³/mol. The normalized spacial score (nSPS) is 13.8. The molecule has 27 heavy (non-hydrogen) atoms. The molecule has 4 nitrogen and oxygen atoms in total. The monoisotopic (exact) mass is 390 g/mol. The second-order valence-electron chi connectivity index (χ2n) is 6.54. The molecule has 0 radical (unpaired) electrons. The summed E-state index contributed by atoms with van der Waals surface area (Å²) in [6.07, 6.45) is -2.68. The van der Waals surface area contributed by atoms with Crippen molar-refractivity contribution in [3.8, 4) is 5.75 Å². The Hall–Kier alpha value is -2.60. The number of halogens is 3. The lowest BCUT2D eigenvalue weighted by Crippen LogP contribution is -2.29. The second kappa shape index (κ2) is 6.53. The Kier molecular flexibility index (Phi) is 4.30. The van der Waals surface area contributed by atoms with E-state index in [1.54, 1.807) is 18.5 Å². The van der Waals surface area contributed by atoms with Crippen LogP contribution in [0.1, 0.15) is 17.6 Å². The highest BCUT2D eigenvalue weighted by atomic mass is 35.5. The molecule has 0 bridgehead atoms. The Morgan fingerprint density at radius 3 is 2.70 bits per heavy atom. The SMILES string of the molecule is Cc1cc2c(N3CCOc4cc(Cl)c(C(F)F)cc43)cccc2n(C)c1=O. The largest absolute Gasteiger partial charge is 0.489 e. The van der Waals surface area contributed by atoms with Crippen molar-refractivity contribution in [1.82, 2.24) is 4.57 Å². The maximum absolute atomic E-state index is 13.3. The number of aromatic nitrogens is 1. The van der Waals surface area contributed by atoms with Crippen molar-refractivity contribution in [2.75, 3.05) is 18.1 Å². The third-order valence-corrected chi connectivity index (χ3v) is 5.22. The summed E-state index contributed by atoms with van der Waals surface area (Å²) in [5.41, 5.74) is 2.48. The lowest BCUT2D eigenvalue weighted by atomic mass is 10.1. The molecule has 0 spiro atoms. The van der Waals surface area contributed by atoms with E-state index in [9.17, 15) is 13.6 Å². The molecule has 0 N–H and O–H groups in total. The zero-order valence-electron chi connectivity index (χ0n) is 14.8. The van der Waals surface area contributed by atoms with Gasteiger partial charge in [0.25, 0.3) is 12.0 Å². The van der Waals surface area contributed by atoms with Crippen LogP contribution in [0.3, 0.4) is 0 Å². The summed E-state index contributed by atoms with van der Waals surface area (Å²) >= 11 is 5.99. The van der Waals surface area contributed by atoms with Crippen LogP contribution in [0.15, 0.2) is 41.2 Å². The van der Waals surface area contributed by atoms with Gasteiger partial charge in [-0.2, -0.15) is 0 Å². The van der Waals surface area contributed by atoms with Crippen LogP contribution < -0.4 is 15.2 Å². The van der Waals surface area contributed by atoms with E-state index in [1.165, 1.54) is 12.1 Å². The van der Waals surface area contributed by atoms with Crippen molar-refractivity contribution < 1.29 is 13.5 Å². The van der Waals surface area contributed by atoms with E-state index in [0.717, 1.165) is 16.6 Å². The van der Waals surface area contributed by atoms with Crippen LogP contribution >= 0.6 is 11.6 Å². The minimum absolute atomic E-state index is 0.0123. The molecular formula is C20H17ClF2N2O2. The third-order valence-electron chi connectivity index (χ3n) is 4.89. The fourth-order valence-corrected chi connectivity index (χ4v) is 3.78. The molecule has 0 unspecified atom stereocenters. The molecule has 7 heteroatoms. The first-order chi connectivity index (χ1) is 12.9. The Bertz CT molecular complexity index is 1110. The van der Waals surface area contributed by atoms with Gasteiger partial charge in [-0.1, -0.05) is 17.7 Å². The first-order valence-electron chi connectivity index (χ1n) is 8.49. The van der Waals surface area contributed by atoms with E-state index < -0.39 is 6.43 Å². The number of rotatable bonds is 2. The van der Waals surface area contributed by atoms with Gasteiger partial charge >= 0.3 is 0 Å². The van der Waals surface area contributed by atoms with Crippen molar-refractivity contribution in [1.29, 1.82) is 0 Å². The first-order valence-corrected chi connectivity index (χ1v) is 8.87. The highest BCUT2D eigenvalue weighted by molar-refractivity contribution is 6.31. The van der Waals surface area contributed by atoms with E-state index >= 15 is 0 Å². The number of anilines is 2. The van der Waals surface area contributed by atoms with Crippen LogP contribution in [0.5, 0.6) is 5.75 Å². The highest BCUT2D eigenvalue weighted by Crippen LogP contribution is 2.43. The molecule has 2 aromatic carbocycles. The zero-order valence-corrected chi connectivity index (χ0v) is 15.6. The summed E-state index contributed by atoms with van der Waals surface area (Å²) < 4.78 is 33.9. The van der Waals surface area contributed by atoms with Crippen LogP contribution in [0.2, 0.25) is 5.02 Å². The zero-order chi connectivity index (χ0) is 19.3. The Morgan fingerprint density at radius 2 is 1.96 bits per heavy atom. The van der Waals surface area contributed by atoms with E-state index in [0.29, 0.717) is 30.2 Å². The van der Waals surface area contributed by atoms with E-state index in [-0.39, 0.29) is 16.1 Å². The van der Waals surface area contributed by atoms with Crippen LogP contribution in [0.4, 0.5) is 20.2 Å². The molecule has 4 rings (SSSR count). The molecule has 1 aliphatic rings. The highest BCUT2D eigenvalue weighted by Gasteiger charge is 2.25. The number of nitrogens with zero attached hydrogens (tertiary/aromatic N) is 2. The molecular weight excluding hydrogens is 374 g/mol. The van der Waals surface area contributed by atoms with Gasteiger partial charge in [0, 0.05) is 29.6 Å². The van der Waals surface area contributed by atoms with Crippen molar-refractivity contribution in [3.05, 3.63) is 62.9 Å². The molecule has 0 aliphatic carbocycles. The molecule has 0 saturated heterocycles. The standard InChI is InChI=1S/C20H17ClF2N2O2/c1-11-8-13-15(24(2)20(11)26)4-3-5-16(13)25-6-7-27-18-10-14(21)12(19(22)23)9-17(18)25/h3-5,8-10,19H,6-7H2,1-2H3. The molecule has 0 atom stereocenters. The number of fused-ring (bicyclic) bond motifs is 2. The van der Waals surface area contributed by atoms with Crippen LogP contribution in [-0.4, -0.2) is 17.7 Å². The number of benzene rings is 2. The smallest absolute Gasteiger partial charge is 0.265 e. The fourth-order valence-electron chi connectivity index (χ4n) is 3.54. The van der Waals surface area contributed by atoms with Crippen molar-refractivity contribution in [3.63, 3.8) is 0 Å². The summed E-state index contributed by atoms with van der Waals surface area (Å²) in [5, 5.41) is 0.861. The van der Waals surface area contributed by atoms with Gasteiger partial charge in [-0.15, -0.1) is 0 Å². The van der Waals surface area contributed by atoms with Crippen LogP contribution in [0, 0.1) is 6.92 Å². The number of hydrogen-bond acceptors (Lipinski definition) is 3. The molecule has 3 aromatic rings. The topological polar surface area (TPSA) is 34.5 Å². The number of aryl methyl sites for hydroxylation is 2. The predicted octanol–water partition coefficient (Wildman–Crippen LogP) is 4.97. The lowest BCUT2D eigenvalue weighted by Gasteiger charge is -2.33. The van der Waals surface area contributed by atoms with Gasteiger partial charge in [0.05, 0.1) is 28.5 Å². The van der Waals surface area contributed by atoms with Gasteiger partial charge in [0.15, 0.2) is 0 Å². The number of hydrogen-bond donors (Lipinski definition) is 0. The average Bonchev–Trinajstić information content (AvgIpc) is 2.64. The lowest BCUT2D eigenvalue weighted by molar-refractivity contribution is 0.151. The molecule has 0 fully saturated rings. The number of alkyl halides is 2. The average molecular weight is 391 g/mol. The summed E-state index contributed by atoms with van der Waals surface area (Å²) in [4.78, 5) is 14.2. The number of pyridine rings is 1. The van der Waals surface area contributed by atoms with Crippen molar-refractivity contribution >= 4 is 33.9 Å². The van der Waals surface area contributed by atoms with Crippen molar-refractivity contribution in [2.24, 2.45) is 7.05 Å². The summed E-state index contributed by atoms with van der Waals surface area (Å²) in [7, 11) is 1.73. The molecule has 140 valence electrons. The van der Waals surface area contributed by atoms with Gasteiger partial charge in [-0.05, 0) is 31.2 Å². The fraction of sp³-hybridized carbons (Fsp3) is 0.250. The minimum atomic E-state index is -2.68. The van der Waals surface area contributed by atoms with E-state index in [1.807, 2.05) is 29.2 Å². The van der Waals surface area contributed by atoms with Gasteiger partial charge in [-0.3, -0.25) is 4.79 Å². The Labute approximate surface area is 159 Å². The van der Waals surface area contributed by atoms with Gasteiger partial charge in [-0.25, -0.2) is 8.78 Å². The number of ether oxygens (including phenoxy) is 1. The van der Waals surface area contributed by atoms with Gasteiger partial charge in [0.2, 0.25) is 0 Å². The summed E-state index contributed by atoms with van der Waals surface area (Å²) in [6, 6.07) is 10.3. The first kappa shape index (κ1) is 17.8. The summed E-state index contributed by atoms with van der Waals surface area (Å²) in [5.74, 6) is 0.467. The molecule has 1 aliphatic heterocycles. The van der Waals surface area contributed by atoms with Gasteiger partial charge < -0.3 is 14.2 Å². The molecule has 1 aromatic heterocycles. The van der Waals surface area contributed by atoms with Crippen LogP contribution in [0.25, 0.3) is 10.9 Å². The Balaban J connectivity index is 1.97. The van der Waals surface area contributed by atoms with Crippen LogP contribution in [-0.2, 0) is 7.05 Å². The Morgan fingerprint density at radius 1 is 1.19 bits per heavy atom. The van der Waals surface area contributed by atoms with E-state index in [2.05, 4.69) is 0 Å². The van der Waals surface area contributed by atoms with Crippen molar-refractivity contribution in [2.45, 2.75) is 13.3 Å². The minimum Gasteiger partial charge on any atom is -0.489 e. The second-order valence-corrected chi connectivity index (χ2v) is 6.95. The molecule has 2 heterocycles. The third kappa shape index (κ3) is 2.84. The molecule has 0 amide bonds.